The number of esters is 1. The zero-order chi connectivity index (χ0) is 21.7. The molecule has 30 heavy (non-hydrogen) atoms. The Morgan fingerprint density at radius 2 is 1.87 bits per heavy atom. The lowest BCUT2D eigenvalue weighted by atomic mass is 9.48. The summed E-state index contributed by atoms with van der Waals surface area (Å²) in [5.74, 6) is 0.344. The minimum atomic E-state index is -0.851. The molecule has 5 heteroatoms. The van der Waals surface area contributed by atoms with E-state index >= 15 is 0 Å². The molecular weight excluding hydrogens is 376 g/mol. The van der Waals surface area contributed by atoms with Crippen molar-refractivity contribution in [3.63, 3.8) is 0 Å². The first-order chi connectivity index (χ1) is 14.2. The van der Waals surface area contributed by atoms with Crippen LogP contribution in [0, 0.1) is 57.2 Å². The van der Waals surface area contributed by atoms with Gasteiger partial charge in [0, 0.05) is 18.8 Å². The van der Waals surface area contributed by atoms with Gasteiger partial charge in [0.05, 0.1) is 12.1 Å². The monoisotopic (exact) mass is 406 g/mol. The molecule has 0 aromatic carbocycles. The fraction of sp³-hybridized carbons (Fsp3) is 0.680. The van der Waals surface area contributed by atoms with E-state index < -0.39 is 5.92 Å². The summed E-state index contributed by atoms with van der Waals surface area (Å²) >= 11 is 0. The molecule has 0 aromatic rings. The molecule has 158 valence electrons. The fourth-order valence-electron chi connectivity index (χ4n) is 7.09. The van der Waals surface area contributed by atoms with Gasteiger partial charge in [-0.1, -0.05) is 25.5 Å². The van der Waals surface area contributed by atoms with Crippen LogP contribution in [0.4, 0.5) is 0 Å². The number of allylic oxidation sites excluding steroid dienone is 3. The number of fused-ring (bicyclic) bond motifs is 5. The molecule has 0 N–H and O–H groups in total. The van der Waals surface area contributed by atoms with Gasteiger partial charge in [-0.25, -0.2) is 0 Å². The van der Waals surface area contributed by atoms with Crippen molar-refractivity contribution < 1.29 is 14.3 Å². The molecule has 6 atom stereocenters. The van der Waals surface area contributed by atoms with Crippen LogP contribution in [0.3, 0.4) is 0 Å². The third-order valence-electron chi connectivity index (χ3n) is 8.68. The molecule has 4 unspecified atom stereocenters. The number of nitrogens with zero attached hydrogens (tertiary/aromatic N) is 2. The molecule has 4 rings (SSSR count). The topological polar surface area (TPSA) is 90.9 Å². The zero-order valence-corrected chi connectivity index (χ0v) is 18.1. The molecule has 0 aliphatic heterocycles. The van der Waals surface area contributed by atoms with Gasteiger partial charge in [0.15, 0.2) is 11.7 Å². The summed E-state index contributed by atoms with van der Waals surface area (Å²) in [4.78, 5) is 24.7. The van der Waals surface area contributed by atoms with Crippen LogP contribution in [-0.4, -0.2) is 17.9 Å². The first-order valence-corrected chi connectivity index (χ1v) is 11.1. The highest BCUT2D eigenvalue weighted by Gasteiger charge is 2.60. The minimum Gasteiger partial charge on any atom is -0.462 e. The Balaban J connectivity index is 1.61. The molecule has 3 fully saturated rings. The van der Waals surface area contributed by atoms with E-state index in [0.29, 0.717) is 23.8 Å². The number of hydrogen-bond donors (Lipinski definition) is 0. The van der Waals surface area contributed by atoms with E-state index in [9.17, 15) is 9.59 Å². The van der Waals surface area contributed by atoms with Crippen LogP contribution >= 0.6 is 0 Å². The van der Waals surface area contributed by atoms with E-state index in [1.165, 1.54) is 12.5 Å². The SMILES string of the molecule is CC(=O)OC1CC[C@@]2(C)C(=CCC3C2CC[C@]2(C)C(=O)/C(=C\C(C#N)C#N)CC32)C1. The highest BCUT2D eigenvalue weighted by Crippen LogP contribution is 2.64. The van der Waals surface area contributed by atoms with Gasteiger partial charge in [-0.2, -0.15) is 10.5 Å². The molecular formula is C25H30N2O3. The number of ketones is 1. The van der Waals surface area contributed by atoms with E-state index in [1.54, 1.807) is 6.08 Å². The quantitative estimate of drug-likeness (QED) is 0.378. The lowest BCUT2D eigenvalue weighted by Gasteiger charge is -2.56. The van der Waals surface area contributed by atoms with Crippen molar-refractivity contribution in [2.75, 3.05) is 0 Å². The molecule has 0 aromatic heterocycles. The third kappa shape index (κ3) is 3.11. The molecule has 4 aliphatic rings. The molecule has 4 aliphatic carbocycles. The van der Waals surface area contributed by atoms with Crippen LogP contribution in [-0.2, 0) is 14.3 Å². The van der Waals surface area contributed by atoms with Crippen molar-refractivity contribution >= 4 is 11.8 Å². The molecule has 0 amide bonds. The highest BCUT2D eigenvalue weighted by molar-refractivity contribution is 6.02. The van der Waals surface area contributed by atoms with Crippen molar-refractivity contribution in [3.8, 4) is 12.1 Å². The van der Waals surface area contributed by atoms with E-state index in [4.69, 9.17) is 15.3 Å². The second kappa shape index (κ2) is 7.38. The fourth-order valence-corrected chi connectivity index (χ4v) is 7.09. The van der Waals surface area contributed by atoms with Gasteiger partial charge in [0.1, 0.15) is 6.10 Å². The van der Waals surface area contributed by atoms with E-state index in [2.05, 4.69) is 19.9 Å². The van der Waals surface area contributed by atoms with Crippen LogP contribution in [0.5, 0.6) is 0 Å². The number of hydrogen-bond acceptors (Lipinski definition) is 5. The number of nitriles is 2. The first kappa shape index (κ1) is 20.9. The van der Waals surface area contributed by atoms with E-state index in [-0.39, 0.29) is 34.6 Å². The number of carbonyl (C=O) groups is 2. The first-order valence-electron chi connectivity index (χ1n) is 11.1. The smallest absolute Gasteiger partial charge is 0.302 e. The Hall–Kier alpha value is -2.40. The largest absolute Gasteiger partial charge is 0.462 e. The summed E-state index contributed by atoms with van der Waals surface area (Å²) in [6, 6.07) is 3.95. The Bertz CT molecular complexity index is 906. The molecule has 0 heterocycles. The molecule has 0 saturated heterocycles. The maximum Gasteiger partial charge on any atom is 0.302 e. The normalized spacial score (nSPS) is 41.2. The van der Waals surface area contributed by atoms with Crippen molar-refractivity contribution in [1.29, 1.82) is 10.5 Å². The second-order valence-corrected chi connectivity index (χ2v) is 10.2. The lowest BCUT2D eigenvalue weighted by molar-refractivity contribution is -0.148. The number of Topliss-reactive ketones (excluding diaryl/α,β-unsaturated/α-hetero) is 1. The highest BCUT2D eigenvalue weighted by atomic mass is 16.5. The van der Waals surface area contributed by atoms with Gasteiger partial charge in [0.2, 0.25) is 0 Å². The van der Waals surface area contributed by atoms with Gasteiger partial charge >= 0.3 is 5.97 Å². The average Bonchev–Trinajstić information content (AvgIpc) is 2.96. The number of ether oxygens (including phenoxy) is 1. The average molecular weight is 407 g/mol. The number of rotatable bonds is 2. The van der Waals surface area contributed by atoms with Crippen LogP contribution < -0.4 is 0 Å². The minimum absolute atomic E-state index is 0.0104. The predicted molar refractivity (Wildman–Crippen MR) is 110 cm³/mol. The van der Waals surface area contributed by atoms with Gasteiger partial charge in [-0.15, -0.1) is 0 Å². The summed E-state index contributed by atoms with van der Waals surface area (Å²) in [7, 11) is 0. The van der Waals surface area contributed by atoms with Gasteiger partial charge in [-0.3, -0.25) is 9.59 Å². The van der Waals surface area contributed by atoms with Crippen LogP contribution in [0.2, 0.25) is 0 Å². The molecule has 0 radical (unpaired) electrons. The van der Waals surface area contributed by atoms with Crippen LogP contribution in [0.15, 0.2) is 23.3 Å². The summed E-state index contributed by atoms with van der Waals surface area (Å²) in [5, 5.41) is 18.3. The maximum absolute atomic E-state index is 13.3. The summed E-state index contributed by atoms with van der Waals surface area (Å²) < 4.78 is 5.51. The van der Waals surface area contributed by atoms with Crippen LogP contribution in [0.1, 0.15) is 65.7 Å². The summed E-state index contributed by atoms with van der Waals surface area (Å²) in [6.45, 7) is 5.95. The third-order valence-corrected chi connectivity index (χ3v) is 8.68. The Kier molecular flexibility index (Phi) is 5.13. The maximum atomic E-state index is 13.3. The Morgan fingerprint density at radius 1 is 1.17 bits per heavy atom. The van der Waals surface area contributed by atoms with Crippen molar-refractivity contribution in [1.82, 2.24) is 0 Å². The zero-order valence-electron chi connectivity index (χ0n) is 18.1. The van der Waals surface area contributed by atoms with Crippen LogP contribution in [0.25, 0.3) is 0 Å². The lowest BCUT2D eigenvalue weighted by Crippen LogP contribution is -2.50. The molecule has 3 saturated carbocycles. The van der Waals surface area contributed by atoms with Gasteiger partial charge < -0.3 is 4.74 Å². The van der Waals surface area contributed by atoms with E-state index in [1.807, 2.05) is 12.1 Å². The predicted octanol–water partition coefficient (Wildman–Crippen LogP) is 4.65. The standard InChI is InChI=1S/C25H30N2O3/c1-15(28)30-19-6-8-24(2)18(12-19)4-5-20-21(24)7-9-25(3)22(20)11-17(23(25)29)10-16(13-26)14-27/h4,10,16,19-22H,5-9,11-12H2,1-3H3/b17-10-/t19?,20?,21?,22?,24-,25-/m0/s1. The number of carbonyl (C=O) groups excluding carboxylic acids is 2. The van der Waals surface area contributed by atoms with Crippen molar-refractivity contribution in [2.45, 2.75) is 71.8 Å². The summed E-state index contributed by atoms with van der Waals surface area (Å²) in [6.07, 6.45) is 10.3. The second-order valence-electron chi connectivity index (χ2n) is 10.2. The van der Waals surface area contributed by atoms with Gasteiger partial charge in [0.25, 0.3) is 0 Å². The molecule has 5 nitrogen and oxygen atoms in total. The molecule has 0 bridgehead atoms. The Morgan fingerprint density at radius 3 is 2.53 bits per heavy atom. The Labute approximate surface area is 178 Å². The van der Waals surface area contributed by atoms with Crippen molar-refractivity contribution in [2.24, 2.45) is 34.5 Å². The van der Waals surface area contributed by atoms with Crippen molar-refractivity contribution in [3.05, 3.63) is 23.3 Å². The van der Waals surface area contributed by atoms with Gasteiger partial charge in [-0.05, 0) is 73.3 Å². The van der Waals surface area contributed by atoms with E-state index in [0.717, 1.165) is 38.5 Å². The summed E-state index contributed by atoms with van der Waals surface area (Å²) in [5.41, 5.74) is 1.85. The molecule has 0 spiro atoms.